The van der Waals surface area contributed by atoms with Gasteiger partial charge in [0, 0.05) is 6.07 Å². The van der Waals surface area contributed by atoms with Gasteiger partial charge in [-0.3, -0.25) is 5.32 Å². The minimum absolute atomic E-state index is 0.388. The van der Waals surface area contributed by atoms with E-state index in [1.807, 2.05) is 32.9 Å². The van der Waals surface area contributed by atoms with E-state index >= 15 is 0 Å². The number of aliphatic hydroxyl groups is 1. The number of aliphatic hydroxyl groups excluding tert-OH is 1. The molecule has 1 amide bonds. The standard InChI is InChI=1S/C16H25NO4/c1-11(18)6-7-12-8-9-13(20-5)10-14(12)17-15(19)21-16(2,3)4/h8-11,18H,6-7H2,1-5H3,(H,17,19). The van der Waals surface area contributed by atoms with Gasteiger partial charge in [0.2, 0.25) is 0 Å². The lowest BCUT2D eigenvalue weighted by atomic mass is 10.0. The van der Waals surface area contributed by atoms with E-state index in [2.05, 4.69) is 5.32 Å². The molecule has 0 saturated heterocycles. The molecule has 0 radical (unpaired) electrons. The predicted molar refractivity (Wildman–Crippen MR) is 82.9 cm³/mol. The van der Waals surface area contributed by atoms with Crippen molar-refractivity contribution >= 4 is 11.8 Å². The summed E-state index contributed by atoms with van der Waals surface area (Å²) >= 11 is 0. The van der Waals surface area contributed by atoms with Crippen molar-refractivity contribution in [3.8, 4) is 5.75 Å². The summed E-state index contributed by atoms with van der Waals surface area (Å²) in [6.45, 7) is 7.18. The molecule has 118 valence electrons. The van der Waals surface area contributed by atoms with Crippen LogP contribution in [0, 0.1) is 0 Å². The average molecular weight is 295 g/mol. The molecule has 1 rings (SSSR count). The van der Waals surface area contributed by atoms with Crippen LogP contribution in [-0.4, -0.2) is 30.0 Å². The Morgan fingerprint density at radius 3 is 2.57 bits per heavy atom. The first-order valence-electron chi connectivity index (χ1n) is 7.06. The van der Waals surface area contributed by atoms with Crippen LogP contribution in [0.1, 0.15) is 39.7 Å². The molecular formula is C16H25NO4. The molecule has 1 aromatic rings. The lowest BCUT2D eigenvalue weighted by Gasteiger charge is -2.21. The lowest BCUT2D eigenvalue weighted by molar-refractivity contribution is 0.0636. The van der Waals surface area contributed by atoms with E-state index in [0.717, 1.165) is 5.56 Å². The van der Waals surface area contributed by atoms with Crippen molar-refractivity contribution in [3.63, 3.8) is 0 Å². The van der Waals surface area contributed by atoms with E-state index in [1.165, 1.54) is 0 Å². The summed E-state index contributed by atoms with van der Waals surface area (Å²) < 4.78 is 10.4. The van der Waals surface area contributed by atoms with E-state index in [9.17, 15) is 9.90 Å². The maximum atomic E-state index is 11.9. The molecule has 0 fully saturated rings. The summed E-state index contributed by atoms with van der Waals surface area (Å²) in [4.78, 5) is 11.9. The van der Waals surface area contributed by atoms with Gasteiger partial charge < -0.3 is 14.6 Å². The number of ether oxygens (including phenoxy) is 2. The maximum absolute atomic E-state index is 11.9. The second kappa shape index (κ2) is 7.31. The molecule has 2 N–H and O–H groups in total. The number of carbonyl (C=O) groups excluding carboxylic acids is 1. The monoisotopic (exact) mass is 295 g/mol. The number of anilines is 1. The number of benzene rings is 1. The van der Waals surface area contributed by atoms with Crippen LogP contribution in [0.15, 0.2) is 18.2 Å². The highest BCUT2D eigenvalue weighted by Gasteiger charge is 2.17. The molecule has 1 atom stereocenters. The Balaban J connectivity index is 2.88. The summed E-state index contributed by atoms with van der Waals surface area (Å²) in [6, 6.07) is 5.47. The second-order valence-electron chi connectivity index (χ2n) is 6.04. The number of nitrogens with one attached hydrogen (secondary N) is 1. The first-order valence-corrected chi connectivity index (χ1v) is 7.06. The number of carbonyl (C=O) groups is 1. The molecule has 5 heteroatoms. The van der Waals surface area contributed by atoms with Gasteiger partial charge in [0.25, 0.3) is 0 Å². The van der Waals surface area contributed by atoms with Crippen LogP contribution in [0.2, 0.25) is 0 Å². The molecule has 21 heavy (non-hydrogen) atoms. The Morgan fingerprint density at radius 1 is 1.38 bits per heavy atom. The van der Waals surface area contributed by atoms with Gasteiger partial charge >= 0.3 is 6.09 Å². The van der Waals surface area contributed by atoms with E-state index in [0.29, 0.717) is 24.3 Å². The predicted octanol–water partition coefficient (Wildman–Crippen LogP) is 3.36. The molecule has 1 unspecified atom stereocenters. The van der Waals surface area contributed by atoms with Gasteiger partial charge in [-0.25, -0.2) is 4.79 Å². The SMILES string of the molecule is COc1ccc(CCC(C)O)c(NC(=O)OC(C)(C)C)c1. The maximum Gasteiger partial charge on any atom is 0.412 e. The number of methoxy groups -OCH3 is 1. The van der Waals surface area contributed by atoms with Gasteiger partial charge in [-0.2, -0.15) is 0 Å². The van der Waals surface area contributed by atoms with Crippen LogP contribution in [0.5, 0.6) is 5.75 Å². The van der Waals surface area contributed by atoms with E-state index in [4.69, 9.17) is 9.47 Å². The molecule has 0 heterocycles. The Kier molecular flexibility index (Phi) is 6.03. The van der Waals surface area contributed by atoms with Gasteiger partial charge in [0.1, 0.15) is 11.4 Å². The van der Waals surface area contributed by atoms with Gasteiger partial charge in [-0.05, 0) is 52.2 Å². The molecule has 0 bridgehead atoms. The molecule has 0 spiro atoms. The summed E-state index contributed by atoms with van der Waals surface area (Å²) in [5.41, 5.74) is 1.02. The highest BCUT2D eigenvalue weighted by molar-refractivity contribution is 5.86. The number of rotatable bonds is 5. The highest BCUT2D eigenvalue weighted by Crippen LogP contribution is 2.25. The lowest BCUT2D eigenvalue weighted by Crippen LogP contribution is -2.27. The molecule has 0 aliphatic heterocycles. The Hall–Kier alpha value is -1.75. The zero-order chi connectivity index (χ0) is 16.0. The molecule has 5 nitrogen and oxygen atoms in total. The number of hydrogen-bond donors (Lipinski definition) is 2. The summed E-state index contributed by atoms with van der Waals surface area (Å²) in [5, 5.41) is 12.1. The van der Waals surface area contributed by atoms with Crippen molar-refractivity contribution in [2.75, 3.05) is 12.4 Å². The number of amides is 1. The average Bonchev–Trinajstić information content (AvgIpc) is 2.34. The Bertz CT molecular complexity index is 478. The third-order valence-electron chi connectivity index (χ3n) is 2.78. The zero-order valence-electron chi connectivity index (χ0n) is 13.4. The molecule has 0 aliphatic rings. The fourth-order valence-electron chi connectivity index (χ4n) is 1.79. The van der Waals surface area contributed by atoms with Crippen molar-refractivity contribution < 1.29 is 19.4 Å². The van der Waals surface area contributed by atoms with Gasteiger partial charge in [0.15, 0.2) is 0 Å². The molecular weight excluding hydrogens is 270 g/mol. The summed E-state index contributed by atoms with van der Waals surface area (Å²) in [7, 11) is 1.57. The fourth-order valence-corrected chi connectivity index (χ4v) is 1.79. The smallest absolute Gasteiger partial charge is 0.412 e. The topological polar surface area (TPSA) is 67.8 Å². The number of aryl methyl sites for hydroxylation is 1. The third kappa shape index (κ3) is 6.49. The van der Waals surface area contributed by atoms with E-state index < -0.39 is 11.7 Å². The van der Waals surface area contributed by atoms with Crippen molar-refractivity contribution in [2.24, 2.45) is 0 Å². The molecule has 0 saturated carbocycles. The minimum atomic E-state index is -0.553. The third-order valence-corrected chi connectivity index (χ3v) is 2.78. The normalized spacial score (nSPS) is 12.7. The molecule has 0 aromatic heterocycles. The van der Waals surface area contributed by atoms with Crippen molar-refractivity contribution in [1.29, 1.82) is 0 Å². The van der Waals surface area contributed by atoms with Crippen LogP contribution in [0.4, 0.5) is 10.5 Å². The quantitative estimate of drug-likeness (QED) is 0.874. The Morgan fingerprint density at radius 2 is 2.05 bits per heavy atom. The van der Waals surface area contributed by atoms with Gasteiger partial charge in [0.05, 0.1) is 18.9 Å². The van der Waals surface area contributed by atoms with Crippen molar-refractivity contribution in [2.45, 2.75) is 52.2 Å². The van der Waals surface area contributed by atoms with Crippen LogP contribution >= 0.6 is 0 Å². The van der Waals surface area contributed by atoms with Gasteiger partial charge in [-0.1, -0.05) is 6.07 Å². The van der Waals surface area contributed by atoms with Gasteiger partial charge in [-0.15, -0.1) is 0 Å². The van der Waals surface area contributed by atoms with E-state index in [-0.39, 0.29) is 6.10 Å². The first-order chi connectivity index (χ1) is 9.71. The molecule has 0 aliphatic carbocycles. The minimum Gasteiger partial charge on any atom is -0.497 e. The fraction of sp³-hybridized carbons (Fsp3) is 0.562. The number of hydrogen-bond acceptors (Lipinski definition) is 4. The summed E-state index contributed by atoms with van der Waals surface area (Å²) in [5.74, 6) is 0.654. The second-order valence-corrected chi connectivity index (χ2v) is 6.04. The van der Waals surface area contributed by atoms with E-state index in [1.54, 1.807) is 20.1 Å². The molecule has 1 aromatic carbocycles. The van der Waals surface area contributed by atoms with Crippen LogP contribution in [0.25, 0.3) is 0 Å². The largest absolute Gasteiger partial charge is 0.497 e. The van der Waals surface area contributed by atoms with Crippen LogP contribution in [-0.2, 0) is 11.2 Å². The first kappa shape index (κ1) is 17.3. The summed E-state index contributed by atoms with van der Waals surface area (Å²) in [6.07, 6.45) is 0.387. The highest BCUT2D eigenvalue weighted by atomic mass is 16.6. The Labute approximate surface area is 126 Å². The van der Waals surface area contributed by atoms with Crippen LogP contribution < -0.4 is 10.1 Å². The van der Waals surface area contributed by atoms with Crippen molar-refractivity contribution in [3.05, 3.63) is 23.8 Å². The van der Waals surface area contributed by atoms with Crippen molar-refractivity contribution in [1.82, 2.24) is 0 Å². The zero-order valence-corrected chi connectivity index (χ0v) is 13.4. The van der Waals surface area contributed by atoms with Crippen LogP contribution in [0.3, 0.4) is 0 Å².